The second kappa shape index (κ2) is 8.44. The molecule has 0 atom stereocenters. The Hall–Kier alpha value is -3.42. The molecule has 25 heavy (non-hydrogen) atoms. The zero-order valence-electron chi connectivity index (χ0n) is 13.5. The summed E-state index contributed by atoms with van der Waals surface area (Å²) in [4.78, 5) is 34.0. The SMILES string of the molecule is COc1cccc(C(=O)NCCC(=O)Nc2cccc([N+](=O)[O-])c2)c1. The maximum Gasteiger partial charge on any atom is 0.271 e. The van der Waals surface area contributed by atoms with E-state index in [0.29, 0.717) is 17.0 Å². The van der Waals surface area contributed by atoms with Crippen LogP contribution in [-0.4, -0.2) is 30.4 Å². The molecule has 0 fully saturated rings. The van der Waals surface area contributed by atoms with Crippen molar-refractivity contribution in [3.05, 3.63) is 64.2 Å². The van der Waals surface area contributed by atoms with Crippen LogP contribution >= 0.6 is 0 Å². The minimum atomic E-state index is -0.538. The Balaban J connectivity index is 1.83. The number of amides is 2. The van der Waals surface area contributed by atoms with Crippen molar-refractivity contribution in [1.82, 2.24) is 5.32 Å². The van der Waals surface area contributed by atoms with Crippen LogP contribution in [0.25, 0.3) is 0 Å². The lowest BCUT2D eigenvalue weighted by Gasteiger charge is -2.07. The molecule has 0 unspecified atom stereocenters. The number of anilines is 1. The number of nitrogens with zero attached hydrogens (tertiary/aromatic N) is 1. The number of carbonyl (C=O) groups is 2. The number of nitrogens with one attached hydrogen (secondary N) is 2. The predicted molar refractivity (Wildman–Crippen MR) is 91.7 cm³/mol. The van der Waals surface area contributed by atoms with Crippen molar-refractivity contribution in [3.63, 3.8) is 0 Å². The molecule has 0 spiro atoms. The normalized spacial score (nSPS) is 9.96. The Kier molecular flexibility index (Phi) is 6.05. The summed E-state index contributed by atoms with van der Waals surface area (Å²) >= 11 is 0. The molecule has 130 valence electrons. The van der Waals surface area contributed by atoms with Crippen molar-refractivity contribution in [2.45, 2.75) is 6.42 Å². The number of nitro benzene ring substituents is 1. The lowest BCUT2D eigenvalue weighted by atomic mass is 10.2. The van der Waals surface area contributed by atoms with Crippen molar-refractivity contribution in [1.29, 1.82) is 0 Å². The van der Waals surface area contributed by atoms with E-state index in [1.807, 2.05) is 0 Å². The van der Waals surface area contributed by atoms with Crippen molar-refractivity contribution >= 4 is 23.2 Å². The molecule has 0 aromatic heterocycles. The number of non-ortho nitro benzene ring substituents is 1. The molecule has 2 aromatic rings. The van der Waals surface area contributed by atoms with Gasteiger partial charge in [-0.15, -0.1) is 0 Å². The minimum absolute atomic E-state index is 0.0401. The van der Waals surface area contributed by atoms with Crippen molar-refractivity contribution in [3.8, 4) is 5.75 Å². The van der Waals surface area contributed by atoms with Gasteiger partial charge in [-0.25, -0.2) is 0 Å². The summed E-state index contributed by atoms with van der Waals surface area (Å²) in [6.45, 7) is 0.136. The number of hydrogen-bond donors (Lipinski definition) is 2. The Morgan fingerprint density at radius 1 is 1.16 bits per heavy atom. The van der Waals surface area contributed by atoms with Gasteiger partial charge in [-0.2, -0.15) is 0 Å². The van der Waals surface area contributed by atoms with Gasteiger partial charge in [0.25, 0.3) is 11.6 Å². The van der Waals surface area contributed by atoms with Crippen LogP contribution < -0.4 is 15.4 Å². The van der Waals surface area contributed by atoms with E-state index in [0.717, 1.165) is 0 Å². The molecule has 0 aliphatic rings. The largest absolute Gasteiger partial charge is 0.497 e. The number of rotatable bonds is 7. The third kappa shape index (κ3) is 5.31. The van der Waals surface area contributed by atoms with Gasteiger partial charge >= 0.3 is 0 Å². The number of ether oxygens (including phenoxy) is 1. The van der Waals surface area contributed by atoms with Gasteiger partial charge in [0.05, 0.1) is 12.0 Å². The third-order valence-electron chi connectivity index (χ3n) is 3.31. The standard InChI is InChI=1S/C17H17N3O5/c1-25-15-7-2-4-12(10-15)17(22)18-9-8-16(21)19-13-5-3-6-14(11-13)20(23)24/h2-7,10-11H,8-9H2,1H3,(H,18,22)(H,19,21). The lowest BCUT2D eigenvalue weighted by molar-refractivity contribution is -0.384. The molecule has 0 aliphatic carbocycles. The van der Waals surface area contributed by atoms with E-state index in [-0.39, 0.29) is 30.5 Å². The maximum absolute atomic E-state index is 12.0. The Labute approximate surface area is 144 Å². The van der Waals surface area contributed by atoms with Gasteiger partial charge in [-0.3, -0.25) is 19.7 Å². The van der Waals surface area contributed by atoms with Crippen LogP contribution in [0.2, 0.25) is 0 Å². The van der Waals surface area contributed by atoms with Gasteiger partial charge in [0.2, 0.25) is 5.91 Å². The van der Waals surface area contributed by atoms with Crippen LogP contribution in [0.5, 0.6) is 5.75 Å². The molecule has 2 aromatic carbocycles. The summed E-state index contributed by atoms with van der Waals surface area (Å²) in [5.74, 6) is -0.107. The van der Waals surface area contributed by atoms with Crippen LogP contribution in [0.4, 0.5) is 11.4 Å². The van der Waals surface area contributed by atoms with Crippen LogP contribution in [0.3, 0.4) is 0 Å². The summed E-state index contributed by atoms with van der Waals surface area (Å²) in [5, 5.41) is 15.9. The van der Waals surface area contributed by atoms with Gasteiger partial charge in [0.1, 0.15) is 5.75 Å². The molecular formula is C17H17N3O5. The van der Waals surface area contributed by atoms with E-state index in [1.165, 1.54) is 25.3 Å². The fraction of sp³-hybridized carbons (Fsp3) is 0.176. The zero-order chi connectivity index (χ0) is 18.2. The zero-order valence-corrected chi connectivity index (χ0v) is 13.5. The second-order valence-electron chi connectivity index (χ2n) is 5.09. The Bertz CT molecular complexity index is 791. The summed E-state index contributed by atoms with van der Waals surface area (Å²) in [7, 11) is 1.51. The first-order valence-electron chi connectivity index (χ1n) is 7.46. The van der Waals surface area contributed by atoms with Gasteiger partial charge in [0.15, 0.2) is 0 Å². The Morgan fingerprint density at radius 3 is 2.64 bits per heavy atom. The van der Waals surface area contributed by atoms with Crippen molar-refractivity contribution < 1.29 is 19.2 Å². The van der Waals surface area contributed by atoms with E-state index in [2.05, 4.69) is 10.6 Å². The van der Waals surface area contributed by atoms with E-state index in [9.17, 15) is 19.7 Å². The number of nitro groups is 1. The van der Waals surface area contributed by atoms with Gasteiger partial charge in [-0.05, 0) is 24.3 Å². The monoisotopic (exact) mass is 343 g/mol. The smallest absolute Gasteiger partial charge is 0.271 e. The average molecular weight is 343 g/mol. The molecule has 0 bridgehead atoms. The summed E-state index contributed by atoms with van der Waals surface area (Å²) < 4.78 is 5.05. The van der Waals surface area contributed by atoms with Crippen molar-refractivity contribution in [2.75, 3.05) is 19.0 Å². The molecular weight excluding hydrogens is 326 g/mol. The highest BCUT2D eigenvalue weighted by atomic mass is 16.6. The molecule has 0 saturated heterocycles. The quantitative estimate of drug-likeness (QED) is 0.592. The molecule has 0 aliphatic heterocycles. The summed E-state index contributed by atoms with van der Waals surface area (Å²) in [5.41, 5.74) is 0.654. The first-order chi connectivity index (χ1) is 12.0. The lowest BCUT2D eigenvalue weighted by Crippen LogP contribution is -2.27. The molecule has 0 heterocycles. The van der Waals surface area contributed by atoms with E-state index < -0.39 is 4.92 Å². The Morgan fingerprint density at radius 2 is 1.92 bits per heavy atom. The number of hydrogen-bond acceptors (Lipinski definition) is 5. The van der Waals surface area contributed by atoms with E-state index >= 15 is 0 Å². The first kappa shape index (κ1) is 17.9. The molecule has 0 saturated carbocycles. The minimum Gasteiger partial charge on any atom is -0.497 e. The molecule has 8 nitrogen and oxygen atoms in total. The summed E-state index contributed by atoms with van der Waals surface area (Å²) in [6.07, 6.45) is 0.0401. The highest BCUT2D eigenvalue weighted by Crippen LogP contribution is 2.17. The van der Waals surface area contributed by atoms with Gasteiger partial charge in [0, 0.05) is 36.3 Å². The average Bonchev–Trinajstić information content (AvgIpc) is 2.61. The highest BCUT2D eigenvalue weighted by Gasteiger charge is 2.10. The maximum atomic E-state index is 12.0. The molecule has 0 radical (unpaired) electrons. The van der Waals surface area contributed by atoms with Crippen LogP contribution in [0.15, 0.2) is 48.5 Å². The number of carbonyl (C=O) groups excluding carboxylic acids is 2. The van der Waals surface area contributed by atoms with Crippen LogP contribution in [0.1, 0.15) is 16.8 Å². The van der Waals surface area contributed by atoms with E-state index in [4.69, 9.17) is 4.74 Å². The van der Waals surface area contributed by atoms with Gasteiger partial charge < -0.3 is 15.4 Å². The fourth-order valence-corrected chi connectivity index (χ4v) is 2.08. The second-order valence-corrected chi connectivity index (χ2v) is 5.09. The molecule has 2 amide bonds. The van der Waals surface area contributed by atoms with E-state index in [1.54, 1.807) is 30.3 Å². The predicted octanol–water partition coefficient (Wildman–Crippen LogP) is 2.36. The highest BCUT2D eigenvalue weighted by molar-refractivity contribution is 5.95. The number of methoxy groups -OCH3 is 1. The first-order valence-corrected chi connectivity index (χ1v) is 7.46. The fourth-order valence-electron chi connectivity index (χ4n) is 2.08. The molecule has 2 N–H and O–H groups in total. The summed E-state index contributed by atoms with van der Waals surface area (Å²) in [6, 6.07) is 12.3. The van der Waals surface area contributed by atoms with Crippen LogP contribution in [-0.2, 0) is 4.79 Å². The molecule has 8 heteroatoms. The van der Waals surface area contributed by atoms with Crippen molar-refractivity contribution in [2.24, 2.45) is 0 Å². The third-order valence-corrected chi connectivity index (χ3v) is 3.31. The van der Waals surface area contributed by atoms with Gasteiger partial charge in [-0.1, -0.05) is 12.1 Å². The molecule has 2 rings (SSSR count). The topological polar surface area (TPSA) is 111 Å². The number of benzene rings is 2. The van der Waals surface area contributed by atoms with Crippen LogP contribution in [0, 0.1) is 10.1 Å².